The molecule has 0 heterocycles. The third kappa shape index (κ3) is 4.32. The molecule has 0 fully saturated rings. The third-order valence-electron chi connectivity index (χ3n) is 5.46. The number of hydrogen-bond acceptors (Lipinski definition) is 3. The molecule has 4 aromatic rings. The van der Waals surface area contributed by atoms with Crippen molar-refractivity contribution in [1.29, 1.82) is 0 Å². The zero-order valence-corrected chi connectivity index (χ0v) is 20.2. The molecule has 0 spiro atoms. The van der Waals surface area contributed by atoms with Crippen LogP contribution in [0, 0.1) is 20.8 Å². The summed E-state index contributed by atoms with van der Waals surface area (Å²) in [6.07, 6.45) is 0. The number of para-hydroxylation sites is 2. The topological polar surface area (TPSA) is 38.7 Å². The van der Waals surface area contributed by atoms with Gasteiger partial charge in [-0.2, -0.15) is 0 Å². The molecule has 0 saturated heterocycles. The molecular weight excluding hydrogens is 462 g/mol. The van der Waals surface area contributed by atoms with Crippen molar-refractivity contribution in [2.24, 2.45) is 0 Å². The van der Waals surface area contributed by atoms with Gasteiger partial charge in [0.25, 0.3) is 0 Å². The minimum atomic E-state index is -4.67. The molecule has 0 radical (unpaired) electrons. The first-order chi connectivity index (χ1) is 14.9. The summed E-state index contributed by atoms with van der Waals surface area (Å²) in [4.78, 5) is 13.0. The minimum absolute atomic E-state index is 0. The summed E-state index contributed by atoms with van der Waals surface area (Å²) in [6, 6.07) is 32.6. The Balaban J connectivity index is 0.00000289. The SMILES string of the molecule is Cc1ccccc1OP(O)(Oc1ccccc1)(c1ccccc1C)c1ccccc1C.[Ni]. The summed E-state index contributed by atoms with van der Waals surface area (Å²) in [7, 11) is -4.67. The van der Waals surface area contributed by atoms with E-state index >= 15 is 0 Å². The Morgan fingerprint density at radius 2 is 0.969 bits per heavy atom. The van der Waals surface area contributed by atoms with Crippen LogP contribution < -0.4 is 19.7 Å². The molecule has 0 aliphatic rings. The summed E-state index contributed by atoms with van der Waals surface area (Å²) in [5.74, 6) is 1.13. The van der Waals surface area contributed by atoms with Gasteiger partial charge < -0.3 is 0 Å². The summed E-state index contributed by atoms with van der Waals surface area (Å²) < 4.78 is 13.4. The molecule has 0 amide bonds. The van der Waals surface area contributed by atoms with Gasteiger partial charge in [0.15, 0.2) is 0 Å². The Bertz CT molecular complexity index is 1160. The zero-order chi connectivity index (χ0) is 21.9. The molecule has 0 aliphatic carbocycles. The normalized spacial score (nSPS) is 12.2. The summed E-state index contributed by atoms with van der Waals surface area (Å²) in [5.41, 5.74) is 2.72. The van der Waals surface area contributed by atoms with Crippen molar-refractivity contribution in [3.63, 3.8) is 0 Å². The van der Waals surface area contributed by atoms with Crippen LogP contribution in [0.1, 0.15) is 16.7 Å². The van der Waals surface area contributed by atoms with Crippen LogP contribution in [0.3, 0.4) is 0 Å². The molecule has 168 valence electrons. The second kappa shape index (κ2) is 9.47. The molecule has 0 atom stereocenters. The first-order valence-electron chi connectivity index (χ1n) is 10.3. The van der Waals surface area contributed by atoms with E-state index in [1.165, 1.54) is 0 Å². The molecular formula is C27H27NiO3P. The molecule has 0 unspecified atom stereocenters. The number of hydrogen-bond donors (Lipinski definition) is 1. The minimum Gasteiger partial charge on any atom is 0 e. The van der Waals surface area contributed by atoms with E-state index in [0.717, 1.165) is 16.7 Å². The van der Waals surface area contributed by atoms with Gasteiger partial charge in [-0.25, -0.2) is 0 Å². The number of aryl methyl sites for hydroxylation is 3. The van der Waals surface area contributed by atoms with Crippen LogP contribution in [0.25, 0.3) is 0 Å². The predicted octanol–water partition coefficient (Wildman–Crippen LogP) is 6.01. The van der Waals surface area contributed by atoms with E-state index in [-0.39, 0.29) is 16.5 Å². The van der Waals surface area contributed by atoms with Crippen LogP contribution >= 0.6 is 7.28 Å². The molecule has 5 heteroatoms. The van der Waals surface area contributed by atoms with Crippen LogP contribution in [-0.4, -0.2) is 4.89 Å². The van der Waals surface area contributed by atoms with Crippen LogP contribution in [0.2, 0.25) is 0 Å². The first kappa shape index (κ1) is 24.0. The third-order valence-corrected chi connectivity index (χ3v) is 9.25. The Morgan fingerprint density at radius 1 is 0.531 bits per heavy atom. The zero-order valence-electron chi connectivity index (χ0n) is 18.3. The fraction of sp³-hybridized carbons (Fsp3) is 0.111. The summed E-state index contributed by atoms with van der Waals surface area (Å²) in [6.45, 7) is 5.91. The van der Waals surface area contributed by atoms with Crippen LogP contribution in [0.15, 0.2) is 103 Å². The maximum Gasteiger partial charge on any atom is 0 e. The number of benzene rings is 4. The van der Waals surface area contributed by atoms with Crippen molar-refractivity contribution in [3.05, 3.63) is 120 Å². The Kier molecular flexibility index (Phi) is 7.10. The number of rotatable bonds is 6. The van der Waals surface area contributed by atoms with Gasteiger partial charge in [0, 0.05) is 16.5 Å². The summed E-state index contributed by atoms with van der Waals surface area (Å²) >= 11 is 0. The van der Waals surface area contributed by atoms with Crippen molar-refractivity contribution < 1.29 is 30.4 Å². The van der Waals surface area contributed by atoms with Gasteiger partial charge in [-0.05, 0) is 0 Å². The monoisotopic (exact) mass is 488 g/mol. The maximum absolute atomic E-state index is 13.0. The van der Waals surface area contributed by atoms with Crippen LogP contribution in [0.4, 0.5) is 0 Å². The second-order valence-corrected chi connectivity index (χ2v) is 10.9. The molecule has 4 aromatic carbocycles. The quantitative estimate of drug-likeness (QED) is 0.267. The fourth-order valence-corrected chi connectivity index (χ4v) is 7.74. The fourth-order valence-electron chi connectivity index (χ4n) is 3.88. The molecule has 0 saturated carbocycles. The van der Waals surface area contributed by atoms with E-state index in [1.807, 2.05) is 124 Å². The largest absolute Gasteiger partial charge is 0 e. The van der Waals surface area contributed by atoms with E-state index in [1.54, 1.807) is 0 Å². The van der Waals surface area contributed by atoms with E-state index in [0.29, 0.717) is 22.1 Å². The average Bonchev–Trinajstić information content (AvgIpc) is 2.77. The predicted molar refractivity (Wildman–Crippen MR) is 130 cm³/mol. The van der Waals surface area contributed by atoms with Crippen molar-refractivity contribution in [1.82, 2.24) is 0 Å². The van der Waals surface area contributed by atoms with E-state index in [2.05, 4.69) is 0 Å². The van der Waals surface area contributed by atoms with Gasteiger partial charge in [0.1, 0.15) is 0 Å². The van der Waals surface area contributed by atoms with Crippen molar-refractivity contribution in [2.45, 2.75) is 20.8 Å². The summed E-state index contributed by atoms with van der Waals surface area (Å²) in [5, 5.41) is 1.30. The van der Waals surface area contributed by atoms with Gasteiger partial charge in [-0.15, -0.1) is 0 Å². The van der Waals surface area contributed by atoms with Gasteiger partial charge in [0.2, 0.25) is 0 Å². The Morgan fingerprint density at radius 3 is 1.47 bits per heavy atom. The first-order valence-corrected chi connectivity index (χ1v) is 12.3. The maximum atomic E-state index is 13.0. The molecule has 4 rings (SSSR count). The van der Waals surface area contributed by atoms with Gasteiger partial charge in [-0.3, -0.25) is 0 Å². The molecule has 0 aromatic heterocycles. The average molecular weight is 489 g/mol. The van der Waals surface area contributed by atoms with Gasteiger partial charge >= 0.3 is 184 Å². The molecule has 3 nitrogen and oxygen atoms in total. The smallest absolute Gasteiger partial charge is 0 e. The van der Waals surface area contributed by atoms with Crippen molar-refractivity contribution in [2.75, 3.05) is 0 Å². The van der Waals surface area contributed by atoms with Crippen LogP contribution in [0.5, 0.6) is 11.5 Å². The molecule has 0 bridgehead atoms. The van der Waals surface area contributed by atoms with Crippen LogP contribution in [-0.2, 0) is 16.5 Å². The Labute approximate surface area is 200 Å². The Hall–Kier alpha value is -2.64. The van der Waals surface area contributed by atoms with E-state index in [4.69, 9.17) is 9.05 Å². The van der Waals surface area contributed by atoms with Crippen molar-refractivity contribution in [3.8, 4) is 11.5 Å². The molecule has 0 aliphatic heterocycles. The van der Waals surface area contributed by atoms with Crippen molar-refractivity contribution >= 4 is 17.9 Å². The van der Waals surface area contributed by atoms with Gasteiger partial charge in [-0.1, -0.05) is 0 Å². The van der Waals surface area contributed by atoms with E-state index < -0.39 is 7.28 Å². The van der Waals surface area contributed by atoms with Gasteiger partial charge in [0.05, 0.1) is 0 Å². The molecule has 1 N–H and O–H groups in total. The second-order valence-electron chi connectivity index (χ2n) is 7.75. The van der Waals surface area contributed by atoms with E-state index in [9.17, 15) is 4.89 Å². The standard InChI is InChI=1S/C27H27O3P.Ni/c1-21-13-7-10-18-25(21)30-31(28,26-19-11-8-14-22(26)2,27-20-12-9-15-23(27)3)29-24-16-5-4-6-17-24;/h4-20,28H,1-3H3;. The molecule has 32 heavy (non-hydrogen) atoms.